The number of anilines is 1. The number of amides is 2. The molecule has 0 unspecified atom stereocenters. The molecule has 1 atom stereocenters. The maximum atomic E-state index is 11.8. The molecule has 19 heavy (non-hydrogen) atoms. The lowest BCUT2D eigenvalue weighted by molar-refractivity contribution is 0.249. The van der Waals surface area contributed by atoms with Crippen molar-refractivity contribution in [3.8, 4) is 0 Å². The van der Waals surface area contributed by atoms with Crippen LogP contribution in [0.2, 0.25) is 0 Å². The van der Waals surface area contributed by atoms with E-state index in [2.05, 4.69) is 20.6 Å². The molecule has 5 nitrogen and oxygen atoms in total. The van der Waals surface area contributed by atoms with E-state index in [9.17, 15) is 4.79 Å². The topological polar surface area (TPSA) is 66.9 Å². The molecule has 2 N–H and O–H groups in total. The average Bonchev–Trinajstić information content (AvgIpc) is 2.69. The van der Waals surface area contributed by atoms with Crippen LogP contribution in [-0.4, -0.2) is 16.0 Å². The summed E-state index contributed by atoms with van der Waals surface area (Å²) in [6.45, 7) is 5.86. The zero-order valence-electron chi connectivity index (χ0n) is 11.1. The fourth-order valence-corrected chi connectivity index (χ4v) is 2.74. The Morgan fingerprint density at radius 1 is 1.42 bits per heavy atom. The molecule has 2 aromatic heterocycles. The van der Waals surface area contributed by atoms with Gasteiger partial charge in [-0.05, 0) is 32.9 Å². The van der Waals surface area contributed by atoms with Crippen molar-refractivity contribution in [3.63, 3.8) is 0 Å². The fourth-order valence-electron chi connectivity index (χ4n) is 1.81. The lowest BCUT2D eigenvalue weighted by atomic mass is 10.2. The molecular formula is C13H16N4OS. The molecule has 0 spiro atoms. The van der Waals surface area contributed by atoms with Crippen LogP contribution in [0.5, 0.6) is 0 Å². The molecule has 0 radical (unpaired) electrons. The van der Waals surface area contributed by atoms with Crippen molar-refractivity contribution >= 4 is 23.1 Å². The van der Waals surface area contributed by atoms with E-state index >= 15 is 0 Å². The summed E-state index contributed by atoms with van der Waals surface area (Å²) < 4.78 is 0. The van der Waals surface area contributed by atoms with Gasteiger partial charge in [0.2, 0.25) is 0 Å². The van der Waals surface area contributed by atoms with E-state index < -0.39 is 0 Å². The number of hydrogen-bond acceptors (Lipinski definition) is 4. The largest absolute Gasteiger partial charge is 0.330 e. The van der Waals surface area contributed by atoms with Crippen LogP contribution in [0.25, 0.3) is 0 Å². The van der Waals surface area contributed by atoms with Crippen LogP contribution in [0, 0.1) is 13.8 Å². The van der Waals surface area contributed by atoms with Gasteiger partial charge < -0.3 is 10.6 Å². The Morgan fingerprint density at radius 2 is 2.21 bits per heavy atom. The molecule has 2 rings (SSSR count). The van der Waals surface area contributed by atoms with Gasteiger partial charge in [-0.1, -0.05) is 0 Å². The molecule has 0 saturated carbocycles. The molecule has 0 aliphatic carbocycles. The molecule has 0 aliphatic rings. The highest BCUT2D eigenvalue weighted by atomic mass is 32.1. The van der Waals surface area contributed by atoms with Gasteiger partial charge in [0.25, 0.3) is 0 Å². The number of rotatable bonds is 3. The zero-order valence-corrected chi connectivity index (χ0v) is 11.9. The van der Waals surface area contributed by atoms with Gasteiger partial charge in [-0.2, -0.15) is 0 Å². The molecule has 2 amide bonds. The Labute approximate surface area is 116 Å². The summed E-state index contributed by atoms with van der Waals surface area (Å²) in [6, 6.07) is 3.25. The van der Waals surface area contributed by atoms with Crippen molar-refractivity contribution < 1.29 is 4.79 Å². The Hall–Kier alpha value is -1.95. The van der Waals surface area contributed by atoms with Gasteiger partial charge in [-0.15, -0.1) is 11.3 Å². The second kappa shape index (κ2) is 5.79. The maximum Gasteiger partial charge on any atom is 0.319 e. The normalized spacial score (nSPS) is 11.9. The van der Waals surface area contributed by atoms with E-state index in [-0.39, 0.29) is 12.1 Å². The molecule has 0 bridgehead atoms. The van der Waals surface area contributed by atoms with Crippen LogP contribution >= 0.6 is 11.3 Å². The highest BCUT2D eigenvalue weighted by Gasteiger charge is 2.15. The summed E-state index contributed by atoms with van der Waals surface area (Å²) in [5.41, 5.74) is 1.64. The molecule has 2 heterocycles. The smallest absolute Gasteiger partial charge is 0.319 e. The molecular weight excluding hydrogens is 260 g/mol. The van der Waals surface area contributed by atoms with E-state index in [1.165, 1.54) is 0 Å². The Bertz CT molecular complexity index is 567. The maximum absolute atomic E-state index is 11.8. The predicted octanol–water partition coefficient (Wildman–Crippen LogP) is 3.04. The summed E-state index contributed by atoms with van der Waals surface area (Å²) in [5, 5.41) is 6.64. The first-order chi connectivity index (χ1) is 9.06. The highest BCUT2D eigenvalue weighted by molar-refractivity contribution is 7.11. The van der Waals surface area contributed by atoms with Gasteiger partial charge >= 0.3 is 6.03 Å². The number of urea groups is 1. The van der Waals surface area contributed by atoms with E-state index in [4.69, 9.17) is 0 Å². The Kier molecular flexibility index (Phi) is 4.11. The van der Waals surface area contributed by atoms with Crippen LogP contribution in [0.4, 0.5) is 10.5 Å². The van der Waals surface area contributed by atoms with Gasteiger partial charge in [0.05, 0.1) is 28.6 Å². The number of aromatic nitrogens is 2. The minimum Gasteiger partial charge on any atom is -0.330 e. The minimum atomic E-state index is -0.244. The molecule has 2 aromatic rings. The molecule has 6 heteroatoms. The van der Waals surface area contributed by atoms with E-state index in [1.54, 1.807) is 35.9 Å². The molecule has 0 aromatic carbocycles. The van der Waals surface area contributed by atoms with Crippen molar-refractivity contribution in [2.75, 3.05) is 5.32 Å². The third-order valence-electron chi connectivity index (χ3n) is 2.60. The Balaban J connectivity index is 1.97. The molecule has 100 valence electrons. The van der Waals surface area contributed by atoms with E-state index in [1.807, 2.05) is 20.8 Å². The number of carbonyl (C=O) groups excluding carboxylic acids is 1. The number of hydrogen-bond donors (Lipinski definition) is 2. The van der Waals surface area contributed by atoms with Gasteiger partial charge in [-0.3, -0.25) is 4.98 Å². The standard InChI is InChI=1S/C13H16N4OS/c1-8-12(19-10(3)15-8)9(2)16-13(18)17-11-5-4-6-14-7-11/h4-7,9H,1-3H3,(H2,16,17,18)/t9-/m1/s1. The van der Waals surface area contributed by atoms with Crippen LogP contribution in [0.1, 0.15) is 28.5 Å². The second-order valence-electron chi connectivity index (χ2n) is 4.24. The summed E-state index contributed by atoms with van der Waals surface area (Å²) in [6.07, 6.45) is 3.27. The minimum absolute atomic E-state index is 0.0668. The number of pyridine rings is 1. The lowest BCUT2D eigenvalue weighted by Gasteiger charge is -2.13. The molecule has 0 fully saturated rings. The van der Waals surface area contributed by atoms with E-state index in [0.717, 1.165) is 15.6 Å². The quantitative estimate of drug-likeness (QED) is 0.905. The highest BCUT2D eigenvalue weighted by Crippen LogP contribution is 2.24. The van der Waals surface area contributed by atoms with Crippen molar-refractivity contribution in [2.24, 2.45) is 0 Å². The first-order valence-corrected chi connectivity index (χ1v) is 6.79. The number of nitrogens with one attached hydrogen (secondary N) is 2. The molecule has 0 saturated heterocycles. The predicted molar refractivity (Wildman–Crippen MR) is 76.4 cm³/mol. The van der Waals surface area contributed by atoms with E-state index in [0.29, 0.717) is 5.69 Å². The number of nitrogens with zero attached hydrogens (tertiary/aromatic N) is 2. The van der Waals surface area contributed by atoms with Crippen LogP contribution < -0.4 is 10.6 Å². The number of thiazole rings is 1. The van der Waals surface area contributed by atoms with Crippen molar-refractivity contribution in [1.82, 2.24) is 15.3 Å². The number of aryl methyl sites for hydroxylation is 2. The second-order valence-corrected chi connectivity index (χ2v) is 5.48. The van der Waals surface area contributed by atoms with Gasteiger partial charge in [-0.25, -0.2) is 9.78 Å². The first kappa shape index (κ1) is 13.5. The monoisotopic (exact) mass is 276 g/mol. The lowest BCUT2D eigenvalue weighted by Crippen LogP contribution is -2.31. The van der Waals surface area contributed by atoms with Crippen molar-refractivity contribution in [1.29, 1.82) is 0 Å². The SMILES string of the molecule is Cc1nc(C)c([C@@H](C)NC(=O)Nc2cccnc2)s1. The summed E-state index contributed by atoms with van der Waals surface area (Å²) in [4.78, 5) is 21.2. The van der Waals surface area contributed by atoms with Crippen LogP contribution in [-0.2, 0) is 0 Å². The summed E-state index contributed by atoms with van der Waals surface area (Å²) >= 11 is 1.60. The number of carbonyl (C=O) groups is 1. The summed E-state index contributed by atoms with van der Waals surface area (Å²) in [5.74, 6) is 0. The van der Waals surface area contributed by atoms with Crippen molar-refractivity contribution in [3.05, 3.63) is 40.1 Å². The summed E-state index contributed by atoms with van der Waals surface area (Å²) in [7, 11) is 0. The van der Waals surface area contributed by atoms with Gasteiger partial charge in [0, 0.05) is 11.1 Å². The van der Waals surface area contributed by atoms with Gasteiger partial charge in [0.1, 0.15) is 0 Å². The first-order valence-electron chi connectivity index (χ1n) is 5.97. The van der Waals surface area contributed by atoms with Crippen LogP contribution in [0.3, 0.4) is 0 Å². The molecule has 0 aliphatic heterocycles. The Morgan fingerprint density at radius 3 is 2.79 bits per heavy atom. The zero-order chi connectivity index (χ0) is 13.8. The third-order valence-corrected chi connectivity index (χ3v) is 3.86. The van der Waals surface area contributed by atoms with Crippen molar-refractivity contribution in [2.45, 2.75) is 26.8 Å². The fraction of sp³-hybridized carbons (Fsp3) is 0.308. The average molecular weight is 276 g/mol. The third kappa shape index (κ3) is 3.51. The van der Waals surface area contributed by atoms with Gasteiger partial charge in [0.15, 0.2) is 0 Å². The van der Waals surface area contributed by atoms with Crippen LogP contribution in [0.15, 0.2) is 24.5 Å².